The first-order valence-electron chi connectivity index (χ1n) is 8.55. The minimum Gasteiger partial charge on any atom is -0.494 e. The standard InChI is InChI=1S/C19H28N2O4/c1-5-12-25-15-8-6-14(7-9-15)16(22)10-11-17(23)20-13-18(24)21-19(2,3)4/h6-9H,5,10-13H2,1-4H3,(H,20,23)(H,21,24). The second-order valence-corrected chi connectivity index (χ2v) is 6.87. The second kappa shape index (κ2) is 9.81. The van der Waals surface area contributed by atoms with Crippen LogP contribution in [0.5, 0.6) is 5.75 Å². The lowest BCUT2D eigenvalue weighted by Gasteiger charge is -2.20. The summed E-state index contributed by atoms with van der Waals surface area (Å²) in [4.78, 5) is 35.5. The monoisotopic (exact) mass is 348 g/mol. The minimum atomic E-state index is -0.342. The normalized spacial score (nSPS) is 10.9. The molecule has 0 heterocycles. The molecular weight excluding hydrogens is 320 g/mol. The average Bonchev–Trinajstić information content (AvgIpc) is 2.55. The lowest BCUT2D eigenvalue weighted by Crippen LogP contribution is -2.45. The van der Waals surface area contributed by atoms with Gasteiger partial charge in [0.25, 0.3) is 0 Å². The van der Waals surface area contributed by atoms with Crippen LogP contribution < -0.4 is 15.4 Å². The highest BCUT2D eigenvalue weighted by atomic mass is 16.5. The van der Waals surface area contributed by atoms with Gasteiger partial charge in [0, 0.05) is 23.9 Å². The topological polar surface area (TPSA) is 84.5 Å². The quantitative estimate of drug-likeness (QED) is 0.672. The molecule has 0 radical (unpaired) electrons. The Kier molecular flexibility index (Phi) is 8.11. The molecular formula is C19H28N2O4. The molecule has 0 fully saturated rings. The number of carbonyl (C=O) groups is 3. The molecule has 2 N–H and O–H groups in total. The van der Waals surface area contributed by atoms with Crippen LogP contribution in [0.4, 0.5) is 0 Å². The first-order chi connectivity index (χ1) is 11.7. The van der Waals surface area contributed by atoms with Crippen molar-refractivity contribution in [1.82, 2.24) is 10.6 Å². The largest absolute Gasteiger partial charge is 0.494 e. The number of amides is 2. The SMILES string of the molecule is CCCOc1ccc(C(=O)CCC(=O)NCC(=O)NC(C)(C)C)cc1. The van der Waals surface area contributed by atoms with Crippen molar-refractivity contribution >= 4 is 17.6 Å². The number of ether oxygens (including phenoxy) is 1. The van der Waals surface area contributed by atoms with Gasteiger partial charge in [-0.05, 0) is 51.5 Å². The van der Waals surface area contributed by atoms with E-state index in [1.807, 2.05) is 27.7 Å². The van der Waals surface area contributed by atoms with E-state index in [1.165, 1.54) is 0 Å². The summed E-state index contributed by atoms with van der Waals surface area (Å²) in [6.45, 7) is 8.16. The smallest absolute Gasteiger partial charge is 0.239 e. The van der Waals surface area contributed by atoms with Gasteiger partial charge in [-0.2, -0.15) is 0 Å². The van der Waals surface area contributed by atoms with E-state index in [0.717, 1.165) is 12.2 Å². The molecule has 6 heteroatoms. The summed E-state index contributed by atoms with van der Waals surface area (Å²) in [5.41, 5.74) is 0.201. The van der Waals surface area contributed by atoms with Crippen molar-refractivity contribution in [2.75, 3.05) is 13.2 Å². The number of rotatable bonds is 9. The van der Waals surface area contributed by atoms with Crippen molar-refractivity contribution in [3.63, 3.8) is 0 Å². The van der Waals surface area contributed by atoms with Gasteiger partial charge in [0.05, 0.1) is 13.2 Å². The van der Waals surface area contributed by atoms with Gasteiger partial charge in [-0.1, -0.05) is 6.92 Å². The van der Waals surface area contributed by atoms with Gasteiger partial charge < -0.3 is 15.4 Å². The molecule has 25 heavy (non-hydrogen) atoms. The number of hydrogen-bond acceptors (Lipinski definition) is 4. The van der Waals surface area contributed by atoms with Gasteiger partial charge in [-0.15, -0.1) is 0 Å². The van der Waals surface area contributed by atoms with Crippen molar-refractivity contribution in [1.29, 1.82) is 0 Å². The van der Waals surface area contributed by atoms with Gasteiger partial charge in [0.15, 0.2) is 5.78 Å². The zero-order valence-corrected chi connectivity index (χ0v) is 15.5. The lowest BCUT2D eigenvalue weighted by molar-refractivity contribution is -0.126. The molecule has 0 aromatic heterocycles. The van der Waals surface area contributed by atoms with Crippen molar-refractivity contribution < 1.29 is 19.1 Å². The van der Waals surface area contributed by atoms with Crippen LogP contribution in [0.2, 0.25) is 0 Å². The summed E-state index contributed by atoms with van der Waals surface area (Å²) in [5.74, 6) is 0.0347. The summed E-state index contributed by atoms with van der Waals surface area (Å²) >= 11 is 0. The van der Waals surface area contributed by atoms with Crippen LogP contribution in [0.3, 0.4) is 0 Å². The van der Waals surface area contributed by atoms with Crippen molar-refractivity contribution in [3.05, 3.63) is 29.8 Å². The third-order valence-corrected chi connectivity index (χ3v) is 3.19. The van der Waals surface area contributed by atoms with E-state index in [0.29, 0.717) is 12.2 Å². The van der Waals surface area contributed by atoms with Gasteiger partial charge in [0.1, 0.15) is 5.75 Å². The summed E-state index contributed by atoms with van der Waals surface area (Å²) in [5, 5.41) is 5.27. The van der Waals surface area contributed by atoms with E-state index >= 15 is 0 Å². The molecule has 0 aliphatic carbocycles. The maximum absolute atomic E-state index is 12.1. The predicted molar refractivity (Wildman–Crippen MR) is 96.7 cm³/mol. The summed E-state index contributed by atoms with van der Waals surface area (Å²) in [6, 6.07) is 6.89. The minimum absolute atomic E-state index is 0.0513. The summed E-state index contributed by atoms with van der Waals surface area (Å²) < 4.78 is 5.46. The highest BCUT2D eigenvalue weighted by Crippen LogP contribution is 2.14. The molecule has 0 saturated carbocycles. The van der Waals surface area contributed by atoms with Crippen LogP contribution >= 0.6 is 0 Å². The number of benzene rings is 1. The fraction of sp³-hybridized carbons (Fsp3) is 0.526. The Balaban J connectivity index is 2.35. The molecule has 2 amide bonds. The maximum atomic E-state index is 12.1. The first-order valence-corrected chi connectivity index (χ1v) is 8.55. The fourth-order valence-electron chi connectivity index (χ4n) is 2.06. The Morgan fingerprint density at radius 2 is 1.64 bits per heavy atom. The van der Waals surface area contributed by atoms with Gasteiger partial charge in [-0.25, -0.2) is 0 Å². The van der Waals surface area contributed by atoms with Crippen LogP contribution in [0.1, 0.15) is 57.3 Å². The van der Waals surface area contributed by atoms with Crippen molar-refractivity contribution in [3.8, 4) is 5.75 Å². The van der Waals surface area contributed by atoms with Gasteiger partial charge in [-0.3, -0.25) is 14.4 Å². The molecule has 1 aromatic carbocycles. The molecule has 0 saturated heterocycles. The van der Waals surface area contributed by atoms with Crippen LogP contribution in [0.15, 0.2) is 24.3 Å². The Labute approximate surface area is 149 Å². The highest BCUT2D eigenvalue weighted by Gasteiger charge is 2.15. The molecule has 0 atom stereocenters. The zero-order valence-electron chi connectivity index (χ0n) is 15.5. The van der Waals surface area contributed by atoms with Crippen LogP contribution in [0.25, 0.3) is 0 Å². The number of ketones is 1. The van der Waals surface area contributed by atoms with Crippen LogP contribution in [0, 0.1) is 0 Å². The lowest BCUT2D eigenvalue weighted by atomic mass is 10.1. The molecule has 0 bridgehead atoms. The molecule has 6 nitrogen and oxygen atoms in total. The molecule has 138 valence electrons. The zero-order chi connectivity index (χ0) is 18.9. The molecule has 1 aromatic rings. The Morgan fingerprint density at radius 3 is 2.20 bits per heavy atom. The van der Waals surface area contributed by atoms with E-state index < -0.39 is 0 Å². The van der Waals surface area contributed by atoms with E-state index in [4.69, 9.17) is 4.74 Å². The highest BCUT2D eigenvalue weighted by molar-refractivity contribution is 5.98. The predicted octanol–water partition coefficient (Wildman–Crippen LogP) is 2.47. The van der Waals surface area contributed by atoms with Crippen molar-refractivity contribution in [2.24, 2.45) is 0 Å². The summed E-state index contributed by atoms with van der Waals surface area (Å²) in [7, 11) is 0. The molecule has 0 spiro atoms. The Hall–Kier alpha value is -2.37. The van der Waals surface area contributed by atoms with E-state index in [9.17, 15) is 14.4 Å². The molecule has 1 rings (SSSR count). The van der Waals surface area contributed by atoms with E-state index in [2.05, 4.69) is 10.6 Å². The number of nitrogens with one attached hydrogen (secondary N) is 2. The van der Waals surface area contributed by atoms with Crippen LogP contribution in [-0.4, -0.2) is 36.3 Å². The first kappa shape index (κ1) is 20.7. The average molecular weight is 348 g/mol. The van der Waals surface area contributed by atoms with Crippen molar-refractivity contribution in [2.45, 2.75) is 52.5 Å². The molecule has 0 unspecified atom stereocenters. The molecule has 0 aliphatic rings. The number of hydrogen-bond donors (Lipinski definition) is 2. The maximum Gasteiger partial charge on any atom is 0.239 e. The van der Waals surface area contributed by atoms with Crippen LogP contribution in [-0.2, 0) is 9.59 Å². The summed E-state index contributed by atoms with van der Waals surface area (Å²) in [6.07, 6.45) is 1.07. The number of carbonyl (C=O) groups excluding carboxylic acids is 3. The fourth-order valence-corrected chi connectivity index (χ4v) is 2.06. The third kappa shape index (κ3) is 8.88. The third-order valence-electron chi connectivity index (χ3n) is 3.19. The second-order valence-electron chi connectivity index (χ2n) is 6.87. The van der Waals surface area contributed by atoms with Gasteiger partial charge >= 0.3 is 0 Å². The van der Waals surface area contributed by atoms with E-state index in [-0.39, 0.29) is 42.5 Å². The Bertz CT molecular complexity index is 588. The Morgan fingerprint density at radius 1 is 1.00 bits per heavy atom. The van der Waals surface area contributed by atoms with Gasteiger partial charge in [0.2, 0.25) is 11.8 Å². The number of Topliss-reactive ketones (excluding diaryl/α,β-unsaturated/α-hetero) is 1. The van der Waals surface area contributed by atoms with E-state index in [1.54, 1.807) is 24.3 Å². The molecule has 0 aliphatic heterocycles.